The normalized spacial score (nSPS) is 12.0. The van der Waals surface area contributed by atoms with Crippen molar-refractivity contribution in [1.82, 2.24) is 4.90 Å². The molecule has 0 fully saturated rings. The van der Waals surface area contributed by atoms with E-state index in [0.29, 0.717) is 5.56 Å². The maximum atomic E-state index is 12.9. The number of amides is 1. The fourth-order valence-corrected chi connectivity index (χ4v) is 2.34. The highest BCUT2D eigenvalue weighted by Gasteiger charge is 2.31. The molecule has 0 aliphatic heterocycles. The van der Waals surface area contributed by atoms with Crippen LogP contribution in [0.1, 0.15) is 57.0 Å². The van der Waals surface area contributed by atoms with Gasteiger partial charge in [0, 0.05) is 12.1 Å². The van der Waals surface area contributed by atoms with Crippen molar-refractivity contribution in [1.29, 1.82) is 0 Å². The lowest BCUT2D eigenvalue weighted by Gasteiger charge is -2.37. The molecule has 0 spiro atoms. The molecule has 0 bridgehead atoms. The lowest BCUT2D eigenvalue weighted by molar-refractivity contribution is -0.141. The van der Waals surface area contributed by atoms with Crippen LogP contribution in [-0.2, 0) is 14.9 Å². The van der Waals surface area contributed by atoms with Crippen molar-refractivity contribution in [3.63, 3.8) is 0 Å². The second kappa shape index (κ2) is 7.79. The van der Waals surface area contributed by atoms with Crippen LogP contribution in [0.2, 0.25) is 0 Å². The molecule has 0 aromatic heterocycles. The van der Waals surface area contributed by atoms with E-state index in [1.807, 2.05) is 12.1 Å². The molecular weight excluding hydrogens is 306 g/mol. The number of carbonyl (C=O) groups is 2. The zero-order valence-electron chi connectivity index (χ0n) is 15.5. The average Bonchev–Trinajstić information content (AvgIpc) is 2.53. The summed E-state index contributed by atoms with van der Waals surface area (Å²) in [6.45, 7) is 9.88. The Hall–Kier alpha value is -1.88. The molecule has 0 atom stereocenters. The van der Waals surface area contributed by atoms with E-state index in [1.165, 1.54) is 12.0 Å². The number of hydrogen-bond acceptors (Lipinski definition) is 4. The van der Waals surface area contributed by atoms with Crippen molar-refractivity contribution in [2.75, 3.05) is 20.3 Å². The summed E-state index contributed by atoms with van der Waals surface area (Å²) < 4.78 is 4.65. The van der Waals surface area contributed by atoms with Crippen molar-refractivity contribution in [2.45, 2.75) is 52.0 Å². The number of esters is 1. The smallest absolute Gasteiger partial charge is 0.307 e. The van der Waals surface area contributed by atoms with Gasteiger partial charge in [0.1, 0.15) is 0 Å². The maximum Gasteiger partial charge on any atom is 0.307 e. The van der Waals surface area contributed by atoms with Crippen LogP contribution in [0.3, 0.4) is 0 Å². The first-order valence-electron chi connectivity index (χ1n) is 8.13. The summed E-state index contributed by atoms with van der Waals surface area (Å²) in [5.41, 5.74) is 0.917. The summed E-state index contributed by atoms with van der Waals surface area (Å²) in [5.74, 6) is -0.594. The molecule has 5 heteroatoms. The van der Waals surface area contributed by atoms with Crippen molar-refractivity contribution >= 4 is 11.9 Å². The Morgan fingerprint density at radius 1 is 1.08 bits per heavy atom. The standard InChI is InChI=1S/C19H29NO4/c1-18(2,3)15-9-7-14(8-10-15)17(23)20(19(4,5)13-21)12-11-16(22)24-6/h7-10,21H,11-13H2,1-6H3. The molecular formula is C19H29NO4. The molecule has 0 radical (unpaired) electrons. The Balaban J connectivity index is 3.05. The summed E-state index contributed by atoms with van der Waals surface area (Å²) in [5, 5.41) is 9.62. The van der Waals surface area contributed by atoms with Gasteiger partial charge in [0.2, 0.25) is 0 Å². The number of methoxy groups -OCH3 is 1. The van der Waals surface area contributed by atoms with E-state index in [1.54, 1.807) is 26.0 Å². The highest BCUT2D eigenvalue weighted by atomic mass is 16.5. The number of nitrogens with zero attached hydrogens (tertiary/aromatic N) is 1. The number of aliphatic hydroxyl groups excluding tert-OH is 1. The average molecular weight is 335 g/mol. The van der Waals surface area contributed by atoms with Gasteiger partial charge in [-0.05, 0) is 37.0 Å². The molecule has 0 aliphatic rings. The lowest BCUT2D eigenvalue weighted by atomic mass is 9.86. The van der Waals surface area contributed by atoms with Gasteiger partial charge < -0.3 is 14.7 Å². The molecule has 1 N–H and O–H groups in total. The fraction of sp³-hybridized carbons (Fsp3) is 0.579. The topological polar surface area (TPSA) is 66.8 Å². The van der Waals surface area contributed by atoms with Gasteiger partial charge in [-0.2, -0.15) is 0 Å². The zero-order chi connectivity index (χ0) is 18.5. The minimum atomic E-state index is -0.770. The van der Waals surface area contributed by atoms with Gasteiger partial charge in [-0.3, -0.25) is 9.59 Å². The van der Waals surface area contributed by atoms with E-state index >= 15 is 0 Å². The van der Waals surface area contributed by atoms with Gasteiger partial charge >= 0.3 is 5.97 Å². The van der Waals surface area contributed by atoms with Crippen LogP contribution in [0.4, 0.5) is 0 Å². The molecule has 5 nitrogen and oxygen atoms in total. The summed E-state index contributed by atoms with van der Waals surface area (Å²) in [4.78, 5) is 25.8. The first-order chi connectivity index (χ1) is 11.0. The number of rotatable bonds is 6. The SMILES string of the molecule is COC(=O)CCN(C(=O)c1ccc(C(C)(C)C)cc1)C(C)(C)CO. The molecule has 24 heavy (non-hydrogen) atoms. The monoisotopic (exact) mass is 335 g/mol. The highest BCUT2D eigenvalue weighted by Crippen LogP contribution is 2.24. The summed E-state index contributed by atoms with van der Waals surface area (Å²) in [6.07, 6.45) is 0.0890. The molecule has 0 saturated heterocycles. The van der Waals surface area contributed by atoms with Crippen LogP contribution in [0.15, 0.2) is 24.3 Å². The second-order valence-corrected chi connectivity index (χ2v) is 7.58. The molecule has 1 amide bonds. The molecule has 0 unspecified atom stereocenters. The van der Waals surface area contributed by atoms with Gasteiger partial charge in [-0.1, -0.05) is 32.9 Å². The number of hydrogen-bond donors (Lipinski definition) is 1. The lowest BCUT2D eigenvalue weighted by Crippen LogP contribution is -2.51. The Morgan fingerprint density at radius 2 is 1.62 bits per heavy atom. The van der Waals surface area contributed by atoms with E-state index in [-0.39, 0.29) is 36.9 Å². The highest BCUT2D eigenvalue weighted by molar-refractivity contribution is 5.95. The zero-order valence-corrected chi connectivity index (χ0v) is 15.5. The van der Waals surface area contributed by atoms with Crippen molar-refractivity contribution < 1.29 is 19.4 Å². The first-order valence-corrected chi connectivity index (χ1v) is 8.13. The molecule has 1 aromatic carbocycles. The van der Waals surface area contributed by atoms with E-state index in [2.05, 4.69) is 25.5 Å². The minimum absolute atomic E-state index is 0.0104. The third-order valence-corrected chi connectivity index (χ3v) is 4.13. The van der Waals surface area contributed by atoms with Crippen LogP contribution in [-0.4, -0.2) is 47.7 Å². The van der Waals surface area contributed by atoms with Crippen molar-refractivity contribution in [2.24, 2.45) is 0 Å². The molecule has 0 heterocycles. The Labute approximate surface area is 144 Å². The van der Waals surface area contributed by atoms with Gasteiger partial charge in [0.15, 0.2) is 0 Å². The summed E-state index contributed by atoms with van der Waals surface area (Å²) >= 11 is 0. The molecule has 0 saturated carbocycles. The van der Waals surface area contributed by atoms with Gasteiger partial charge in [0.05, 0.1) is 25.7 Å². The van der Waals surface area contributed by atoms with E-state index in [4.69, 9.17) is 0 Å². The van der Waals surface area contributed by atoms with Crippen LogP contribution >= 0.6 is 0 Å². The second-order valence-electron chi connectivity index (χ2n) is 7.58. The van der Waals surface area contributed by atoms with Crippen molar-refractivity contribution in [3.05, 3.63) is 35.4 Å². The van der Waals surface area contributed by atoms with Gasteiger partial charge in [-0.15, -0.1) is 0 Å². The summed E-state index contributed by atoms with van der Waals surface area (Å²) in [7, 11) is 1.32. The molecule has 1 aromatic rings. The van der Waals surface area contributed by atoms with E-state index < -0.39 is 5.54 Å². The third kappa shape index (κ3) is 5.06. The van der Waals surface area contributed by atoms with Crippen molar-refractivity contribution in [3.8, 4) is 0 Å². The van der Waals surface area contributed by atoms with E-state index in [0.717, 1.165) is 5.56 Å². The third-order valence-electron chi connectivity index (χ3n) is 4.13. The first kappa shape index (κ1) is 20.2. The largest absolute Gasteiger partial charge is 0.469 e. The van der Waals surface area contributed by atoms with Crippen LogP contribution in [0.5, 0.6) is 0 Å². The van der Waals surface area contributed by atoms with Gasteiger partial charge in [0.25, 0.3) is 5.91 Å². The van der Waals surface area contributed by atoms with E-state index in [9.17, 15) is 14.7 Å². The van der Waals surface area contributed by atoms with Gasteiger partial charge in [-0.25, -0.2) is 0 Å². The molecule has 1 rings (SSSR count). The predicted octanol–water partition coefficient (Wildman–Crippen LogP) is 2.76. The fourth-order valence-electron chi connectivity index (χ4n) is 2.34. The van der Waals surface area contributed by atoms with Crippen LogP contribution in [0.25, 0.3) is 0 Å². The Kier molecular flexibility index (Phi) is 6.55. The quantitative estimate of drug-likeness (QED) is 0.812. The number of benzene rings is 1. The number of carbonyl (C=O) groups excluding carboxylic acids is 2. The Bertz CT molecular complexity index is 570. The predicted molar refractivity (Wildman–Crippen MR) is 94.0 cm³/mol. The minimum Gasteiger partial charge on any atom is -0.469 e. The molecule has 134 valence electrons. The van der Waals surface area contributed by atoms with Crippen LogP contribution in [0, 0.1) is 0 Å². The number of ether oxygens (including phenoxy) is 1. The number of aliphatic hydroxyl groups is 1. The van der Waals surface area contributed by atoms with Crippen LogP contribution < -0.4 is 0 Å². The summed E-state index contributed by atoms with van der Waals surface area (Å²) in [6, 6.07) is 7.47. The molecule has 0 aliphatic carbocycles. The Morgan fingerprint density at radius 3 is 2.04 bits per heavy atom. The maximum absolute atomic E-state index is 12.9.